The zero-order valence-electron chi connectivity index (χ0n) is 15.0. The van der Waals surface area contributed by atoms with Crippen LogP contribution in [0.1, 0.15) is 27.2 Å². The van der Waals surface area contributed by atoms with Crippen LogP contribution in [0.3, 0.4) is 0 Å². The fourth-order valence-corrected chi connectivity index (χ4v) is 3.44. The van der Waals surface area contributed by atoms with Crippen molar-refractivity contribution < 1.29 is 9.53 Å². The average Bonchev–Trinajstić information content (AvgIpc) is 2.94. The number of aromatic nitrogens is 4. The SMILES string of the molecule is CCOC(=O)[C@H](CC)Sc1nc2c(c(=O)[nH]c(=O)n2C)n1C/C=C(\C)Cl. The quantitative estimate of drug-likeness (QED) is 0.563. The summed E-state index contributed by atoms with van der Waals surface area (Å²) in [7, 11) is 1.53. The molecule has 0 aliphatic heterocycles. The highest BCUT2D eigenvalue weighted by molar-refractivity contribution is 8.00. The van der Waals surface area contributed by atoms with Gasteiger partial charge in [-0.3, -0.25) is 19.1 Å². The third-order valence-electron chi connectivity index (χ3n) is 3.70. The van der Waals surface area contributed by atoms with Crippen LogP contribution in [0.5, 0.6) is 0 Å². The molecule has 0 fully saturated rings. The van der Waals surface area contributed by atoms with Gasteiger partial charge in [-0.15, -0.1) is 0 Å². The number of thioether (sulfide) groups is 1. The van der Waals surface area contributed by atoms with Gasteiger partial charge in [0.05, 0.1) is 6.61 Å². The van der Waals surface area contributed by atoms with Crippen molar-refractivity contribution in [3.05, 3.63) is 31.9 Å². The molecule has 0 aromatic carbocycles. The molecule has 1 N–H and O–H groups in total. The van der Waals surface area contributed by atoms with Crippen molar-refractivity contribution in [2.45, 2.75) is 44.1 Å². The Morgan fingerprint density at radius 2 is 2.12 bits per heavy atom. The smallest absolute Gasteiger partial charge is 0.329 e. The Kier molecular flexibility index (Phi) is 6.71. The summed E-state index contributed by atoms with van der Waals surface area (Å²) in [4.78, 5) is 43.0. The lowest BCUT2D eigenvalue weighted by atomic mass is 10.3. The van der Waals surface area contributed by atoms with Gasteiger partial charge in [0.25, 0.3) is 5.56 Å². The van der Waals surface area contributed by atoms with Gasteiger partial charge in [0.15, 0.2) is 16.3 Å². The minimum absolute atomic E-state index is 0.251. The normalized spacial score (nSPS) is 13.2. The van der Waals surface area contributed by atoms with Crippen LogP contribution in [0.15, 0.2) is 25.9 Å². The van der Waals surface area contributed by atoms with Crippen LogP contribution >= 0.6 is 23.4 Å². The number of esters is 1. The first-order chi connectivity index (χ1) is 12.3. The summed E-state index contributed by atoms with van der Waals surface area (Å²) in [5.74, 6) is -0.342. The van der Waals surface area contributed by atoms with E-state index in [9.17, 15) is 14.4 Å². The van der Waals surface area contributed by atoms with Crippen LogP contribution < -0.4 is 11.2 Å². The number of carbonyl (C=O) groups is 1. The average molecular weight is 401 g/mol. The van der Waals surface area contributed by atoms with E-state index in [4.69, 9.17) is 16.3 Å². The number of carbonyl (C=O) groups excluding carboxylic acids is 1. The van der Waals surface area contributed by atoms with Gasteiger partial charge in [-0.05, 0) is 20.3 Å². The summed E-state index contributed by atoms with van der Waals surface area (Å²) in [5, 5.41) is 0.532. The molecule has 2 aromatic rings. The van der Waals surface area contributed by atoms with Crippen molar-refractivity contribution in [1.82, 2.24) is 19.1 Å². The van der Waals surface area contributed by atoms with E-state index in [2.05, 4.69) is 9.97 Å². The zero-order chi connectivity index (χ0) is 19.4. The Morgan fingerprint density at radius 1 is 1.42 bits per heavy atom. The number of ether oxygens (including phenoxy) is 1. The van der Waals surface area contributed by atoms with E-state index in [1.165, 1.54) is 23.4 Å². The number of halogens is 1. The molecular formula is C16H21ClN4O4S. The number of hydrogen-bond donors (Lipinski definition) is 1. The molecular weight excluding hydrogens is 380 g/mol. The predicted molar refractivity (Wildman–Crippen MR) is 102 cm³/mol. The second-order valence-corrected chi connectivity index (χ2v) is 7.32. The van der Waals surface area contributed by atoms with Gasteiger partial charge in [0, 0.05) is 18.6 Å². The fourth-order valence-electron chi connectivity index (χ4n) is 2.35. The minimum Gasteiger partial charge on any atom is -0.465 e. The summed E-state index contributed by atoms with van der Waals surface area (Å²) in [6.07, 6.45) is 2.26. The Hall–Kier alpha value is -2.00. The summed E-state index contributed by atoms with van der Waals surface area (Å²) < 4.78 is 8.00. The van der Waals surface area contributed by atoms with Crippen molar-refractivity contribution >= 4 is 40.5 Å². The lowest BCUT2D eigenvalue weighted by Crippen LogP contribution is -2.29. The molecule has 0 bridgehead atoms. The predicted octanol–water partition coefficient (Wildman–Crippen LogP) is 2.00. The first-order valence-corrected chi connectivity index (χ1v) is 9.40. The minimum atomic E-state index is -0.551. The highest BCUT2D eigenvalue weighted by Crippen LogP contribution is 2.28. The largest absolute Gasteiger partial charge is 0.465 e. The standard InChI is InChI=1S/C16H21ClN4O4S/c1-5-10(14(23)25-6-2)26-16-18-12-11(21(16)8-7-9(3)17)13(22)19-15(24)20(12)4/h7,10H,5-6,8H2,1-4H3,(H,19,22,24)/b9-7+/t10-/m0/s1. The second kappa shape index (κ2) is 8.59. The zero-order valence-corrected chi connectivity index (χ0v) is 16.6. The van der Waals surface area contributed by atoms with Gasteiger partial charge in [-0.25, -0.2) is 9.78 Å². The second-order valence-electron chi connectivity index (χ2n) is 5.55. The van der Waals surface area contributed by atoms with Crippen LogP contribution in [0.25, 0.3) is 11.2 Å². The highest BCUT2D eigenvalue weighted by Gasteiger charge is 2.24. The topological polar surface area (TPSA) is 99.0 Å². The maximum absolute atomic E-state index is 12.3. The van der Waals surface area contributed by atoms with Crippen LogP contribution in [0, 0.1) is 0 Å². The molecule has 0 spiro atoms. The van der Waals surface area contributed by atoms with Crippen molar-refractivity contribution in [2.24, 2.45) is 7.05 Å². The number of aryl methyl sites for hydroxylation is 1. The third-order valence-corrected chi connectivity index (χ3v) is 5.18. The van der Waals surface area contributed by atoms with Crippen LogP contribution in [0.4, 0.5) is 0 Å². The Morgan fingerprint density at radius 3 is 2.69 bits per heavy atom. The van der Waals surface area contributed by atoms with Crippen molar-refractivity contribution in [2.75, 3.05) is 6.61 Å². The summed E-state index contributed by atoms with van der Waals surface area (Å²) in [6, 6.07) is 0. The molecule has 26 heavy (non-hydrogen) atoms. The van der Waals surface area contributed by atoms with Crippen molar-refractivity contribution in [3.63, 3.8) is 0 Å². The van der Waals surface area contributed by atoms with E-state index in [1.54, 1.807) is 24.5 Å². The fraction of sp³-hybridized carbons (Fsp3) is 0.500. The number of fused-ring (bicyclic) bond motifs is 1. The van der Waals surface area contributed by atoms with Crippen LogP contribution in [0.2, 0.25) is 0 Å². The lowest BCUT2D eigenvalue weighted by molar-refractivity contribution is -0.142. The van der Waals surface area contributed by atoms with E-state index in [-0.39, 0.29) is 30.3 Å². The molecule has 2 rings (SSSR count). The molecule has 0 aliphatic rings. The van der Waals surface area contributed by atoms with E-state index >= 15 is 0 Å². The number of rotatable bonds is 7. The number of aromatic amines is 1. The summed E-state index contributed by atoms with van der Waals surface area (Å²) >= 11 is 7.13. The first-order valence-electron chi connectivity index (χ1n) is 8.15. The molecule has 0 saturated heterocycles. The van der Waals surface area contributed by atoms with E-state index in [0.29, 0.717) is 16.6 Å². The molecule has 0 aliphatic carbocycles. The maximum atomic E-state index is 12.3. The lowest BCUT2D eigenvalue weighted by Gasteiger charge is -2.13. The van der Waals surface area contributed by atoms with Gasteiger partial charge in [0.1, 0.15) is 5.25 Å². The van der Waals surface area contributed by atoms with Crippen molar-refractivity contribution in [3.8, 4) is 0 Å². The summed E-state index contributed by atoms with van der Waals surface area (Å²) in [5.41, 5.74) is -0.583. The van der Waals surface area contributed by atoms with Crippen LogP contribution in [-0.4, -0.2) is 36.9 Å². The number of nitrogens with zero attached hydrogens (tertiary/aromatic N) is 3. The highest BCUT2D eigenvalue weighted by atomic mass is 35.5. The van der Waals surface area contributed by atoms with Crippen molar-refractivity contribution in [1.29, 1.82) is 0 Å². The molecule has 0 saturated carbocycles. The van der Waals surface area contributed by atoms with E-state index in [1.807, 2.05) is 6.92 Å². The molecule has 1 atom stereocenters. The molecule has 0 radical (unpaired) electrons. The Balaban J connectivity index is 2.62. The van der Waals surface area contributed by atoms with Gasteiger partial charge in [0.2, 0.25) is 0 Å². The molecule has 0 amide bonds. The Labute approximate surface area is 159 Å². The molecule has 8 nitrogen and oxygen atoms in total. The van der Waals surface area contributed by atoms with Gasteiger partial charge in [-0.2, -0.15) is 0 Å². The molecule has 2 aromatic heterocycles. The molecule has 0 unspecified atom stereocenters. The molecule has 2 heterocycles. The summed E-state index contributed by atoms with van der Waals surface area (Å²) in [6.45, 7) is 5.91. The maximum Gasteiger partial charge on any atom is 0.329 e. The van der Waals surface area contributed by atoms with Gasteiger partial charge in [-0.1, -0.05) is 36.4 Å². The molecule has 10 heteroatoms. The number of imidazole rings is 1. The number of allylic oxidation sites excluding steroid dienone is 2. The first kappa shape index (κ1) is 20.3. The van der Waals surface area contributed by atoms with E-state index in [0.717, 1.165) is 0 Å². The van der Waals surface area contributed by atoms with E-state index < -0.39 is 16.5 Å². The Bertz CT molecular complexity index is 956. The number of hydrogen-bond acceptors (Lipinski definition) is 6. The molecule has 142 valence electrons. The van der Waals surface area contributed by atoms with Gasteiger partial charge < -0.3 is 9.30 Å². The number of nitrogens with one attached hydrogen (secondary N) is 1. The number of H-pyrrole nitrogens is 1. The third kappa shape index (κ3) is 4.21. The monoisotopic (exact) mass is 400 g/mol. The van der Waals surface area contributed by atoms with Crippen LogP contribution in [-0.2, 0) is 23.1 Å². The van der Waals surface area contributed by atoms with Gasteiger partial charge >= 0.3 is 11.7 Å².